The maximum absolute atomic E-state index is 12.7. The first-order valence-corrected chi connectivity index (χ1v) is 8.60. The molecule has 0 N–H and O–H groups in total. The number of aromatic nitrogens is 2. The molecular formula is C18H19N5O3. The standard InChI is InChI=1S/C18H19N5O3/c24-18(21-11-7-16(13-21)20-9-1-2-10-20)17-8-12-22(19-17)14-3-5-15(6-4-14)23(25)26/h1-6,8,12,16H,7,9-11,13H2/t16-/m0/s1. The average Bonchev–Trinajstić information content (AvgIpc) is 3.42. The molecule has 0 aliphatic carbocycles. The maximum atomic E-state index is 12.7. The van der Waals surface area contributed by atoms with E-state index in [0.717, 1.165) is 32.6 Å². The molecule has 0 radical (unpaired) electrons. The molecule has 0 saturated carbocycles. The third-order valence-corrected chi connectivity index (χ3v) is 4.95. The summed E-state index contributed by atoms with van der Waals surface area (Å²) in [5.74, 6) is -0.0692. The lowest BCUT2D eigenvalue weighted by atomic mass is 10.2. The average molecular weight is 353 g/mol. The van der Waals surface area contributed by atoms with E-state index in [9.17, 15) is 14.9 Å². The minimum atomic E-state index is -0.443. The van der Waals surface area contributed by atoms with E-state index in [1.807, 2.05) is 4.90 Å². The predicted molar refractivity (Wildman–Crippen MR) is 95.2 cm³/mol. The Morgan fingerprint density at radius 3 is 2.58 bits per heavy atom. The van der Waals surface area contributed by atoms with Crippen molar-refractivity contribution in [3.05, 3.63) is 64.5 Å². The maximum Gasteiger partial charge on any atom is 0.274 e. The van der Waals surface area contributed by atoms with Crippen LogP contribution in [0.3, 0.4) is 0 Å². The molecule has 1 aromatic carbocycles. The third-order valence-electron chi connectivity index (χ3n) is 4.95. The fourth-order valence-corrected chi connectivity index (χ4v) is 3.49. The normalized spacial score (nSPS) is 20.0. The van der Waals surface area contributed by atoms with Gasteiger partial charge in [0.1, 0.15) is 0 Å². The summed E-state index contributed by atoms with van der Waals surface area (Å²) < 4.78 is 1.56. The zero-order chi connectivity index (χ0) is 18.1. The summed E-state index contributed by atoms with van der Waals surface area (Å²) in [6.45, 7) is 3.39. The molecule has 8 heteroatoms. The Balaban J connectivity index is 1.44. The van der Waals surface area contributed by atoms with Crippen molar-refractivity contribution in [3.63, 3.8) is 0 Å². The zero-order valence-corrected chi connectivity index (χ0v) is 14.2. The Morgan fingerprint density at radius 1 is 1.15 bits per heavy atom. The van der Waals surface area contributed by atoms with Crippen LogP contribution in [0, 0.1) is 10.1 Å². The van der Waals surface area contributed by atoms with Gasteiger partial charge in [0.15, 0.2) is 5.69 Å². The summed E-state index contributed by atoms with van der Waals surface area (Å²) >= 11 is 0. The van der Waals surface area contributed by atoms with Gasteiger partial charge in [-0.2, -0.15) is 5.10 Å². The van der Waals surface area contributed by atoms with E-state index in [1.54, 1.807) is 29.1 Å². The Hall–Kier alpha value is -3.00. The second-order valence-electron chi connectivity index (χ2n) is 6.54. The van der Waals surface area contributed by atoms with Gasteiger partial charge in [-0.3, -0.25) is 19.8 Å². The number of carbonyl (C=O) groups is 1. The van der Waals surface area contributed by atoms with Gasteiger partial charge in [0.05, 0.1) is 10.6 Å². The highest BCUT2D eigenvalue weighted by Crippen LogP contribution is 2.20. The SMILES string of the molecule is O=C(c1ccn(-c2ccc([N+](=O)[O-])cc2)n1)N1CC[C@H](N2CC=CC2)C1. The number of hydrogen-bond acceptors (Lipinski definition) is 5. The van der Waals surface area contributed by atoms with Crippen LogP contribution < -0.4 is 0 Å². The van der Waals surface area contributed by atoms with Crippen LogP contribution in [0.4, 0.5) is 5.69 Å². The number of amides is 1. The minimum Gasteiger partial charge on any atom is -0.336 e. The Morgan fingerprint density at radius 2 is 1.88 bits per heavy atom. The number of nitro groups is 1. The van der Waals surface area contributed by atoms with E-state index >= 15 is 0 Å². The van der Waals surface area contributed by atoms with E-state index in [4.69, 9.17) is 0 Å². The zero-order valence-electron chi connectivity index (χ0n) is 14.2. The van der Waals surface area contributed by atoms with Crippen molar-refractivity contribution < 1.29 is 9.72 Å². The molecule has 0 bridgehead atoms. The van der Waals surface area contributed by atoms with Crippen molar-refractivity contribution >= 4 is 11.6 Å². The predicted octanol–water partition coefficient (Wildman–Crippen LogP) is 1.87. The number of carbonyl (C=O) groups excluding carboxylic acids is 1. The molecule has 2 aliphatic rings. The summed E-state index contributed by atoms with van der Waals surface area (Å²) in [5.41, 5.74) is 1.09. The van der Waals surface area contributed by atoms with Crippen LogP contribution in [0.25, 0.3) is 5.69 Å². The first kappa shape index (κ1) is 16.5. The fraction of sp³-hybridized carbons (Fsp3) is 0.333. The van der Waals surface area contributed by atoms with E-state index in [2.05, 4.69) is 22.2 Å². The molecule has 4 rings (SSSR count). The van der Waals surface area contributed by atoms with Gasteiger partial charge in [-0.1, -0.05) is 12.2 Å². The van der Waals surface area contributed by atoms with Gasteiger partial charge in [-0.25, -0.2) is 4.68 Å². The molecule has 2 aliphatic heterocycles. The van der Waals surface area contributed by atoms with E-state index in [1.165, 1.54) is 12.1 Å². The molecule has 1 fully saturated rings. The molecule has 2 aromatic rings. The number of likely N-dealkylation sites (tertiary alicyclic amines) is 1. The topological polar surface area (TPSA) is 84.5 Å². The highest BCUT2D eigenvalue weighted by Gasteiger charge is 2.31. The molecule has 3 heterocycles. The first-order valence-electron chi connectivity index (χ1n) is 8.60. The molecule has 1 aromatic heterocycles. The molecule has 0 spiro atoms. The lowest BCUT2D eigenvalue weighted by Gasteiger charge is -2.23. The second-order valence-corrected chi connectivity index (χ2v) is 6.54. The van der Waals surface area contributed by atoms with Crippen molar-refractivity contribution in [1.82, 2.24) is 19.6 Å². The van der Waals surface area contributed by atoms with Crippen molar-refractivity contribution in [1.29, 1.82) is 0 Å². The van der Waals surface area contributed by atoms with Gasteiger partial charge in [-0.15, -0.1) is 0 Å². The number of rotatable bonds is 4. The fourth-order valence-electron chi connectivity index (χ4n) is 3.49. The van der Waals surface area contributed by atoms with Gasteiger partial charge < -0.3 is 4.90 Å². The summed E-state index contributed by atoms with van der Waals surface area (Å²) in [7, 11) is 0. The van der Waals surface area contributed by atoms with Gasteiger partial charge >= 0.3 is 0 Å². The number of benzene rings is 1. The van der Waals surface area contributed by atoms with E-state index < -0.39 is 4.92 Å². The monoisotopic (exact) mass is 353 g/mol. The van der Waals surface area contributed by atoms with Crippen molar-refractivity contribution in [2.45, 2.75) is 12.5 Å². The summed E-state index contributed by atoms with van der Waals surface area (Å²) in [6, 6.07) is 8.18. The Kier molecular flexibility index (Phi) is 4.26. The molecule has 26 heavy (non-hydrogen) atoms. The van der Waals surface area contributed by atoms with Crippen LogP contribution in [0.15, 0.2) is 48.7 Å². The summed E-state index contributed by atoms with van der Waals surface area (Å²) in [5, 5.41) is 15.1. The van der Waals surface area contributed by atoms with Crippen LogP contribution in [0.5, 0.6) is 0 Å². The molecule has 0 unspecified atom stereocenters. The lowest BCUT2D eigenvalue weighted by molar-refractivity contribution is -0.384. The van der Waals surface area contributed by atoms with Crippen LogP contribution in [0.1, 0.15) is 16.9 Å². The van der Waals surface area contributed by atoms with Gasteiger partial charge in [0, 0.05) is 50.6 Å². The quantitative estimate of drug-likeness (QED) is 0.476. The van der Waals surface area contributed by atoms with Gasteiger partial charge in [-0.05, 0) is 24.6 Å². The molecule has 8 nitrogen and oxygen atoms in total. The van der Waals surface area contributed by atoms with Crippen LogP contribution >= 0.6 is 0 Å². The van der Waals surface area contributed by atoms with Crippen LogP contribution in [0.2, 0.25) is 0 Å². The smallest absolute Gasteiger partial charge is 0.274 e. The summed E-state index contributed by atoms with van der Waals surface area (Å²) in [4.78, 5) is 27.2. The second kappa shape index (κ2) is 6.72. The van der Waals surface area contributed by atoms with Crippen LogP contribution in [-0.2, 0) is 0 Å². The largest absolute Gasteiger partial charge is 0.336 e. The molecule has 1 saturated heterocycles. The summed E-state index contributed by atoms with van der Waals surface area (Å²) in [6.07, 6.45) is 7.01. The highest BCUT2D eigenvalue weighted by atomic mass is 16.6. The molecule has 1 amide bonds. The minimum absolute atomic E-state index is 0.0247. The van der Waals surface area contributed by atoms with Crippen molar-refractivity contribution in [2.75, 3.05) is 26.2 Å². The van der Waals surface area contributed by atoms with Crippen molar-refractivity contribution in [3.8, 4) is 5.69 Å². The van der Waals surface area contributed by atoms with Crippen LogP contribution in [-0.4, -0.2) is 62.6 Å². The third kappa shape index (κ3) is 3.11. The van der Waals surface area contributed by atoms with E-state index in [-0.39, 0.29) is 11.6 Å². The number of nitrogens with zero attached hydrogens (tertiary/aromatic N) is 5. The Labute approximate surface area is 150 Å². The molecular weight excluding hydrogens is 334 g/mol. The number of hydrogen-bond donors (Lipinski definition) is 0. The van der Waals surface area contributed by atoms with Gasteiger partial charge in [0.25, 0.3) is 11.6 Å². The molecule has 134 valence electrons. The number of non-ortho nitro benzene ring substituents is 1. The highest BCUT2D eigenvalue weighted by molar-refractivity contribution is 5.92. The van der Waals surface area contributed by atoms with E-state index in [0.29, 0.717) is 17.4 Å². The first-order chi connectivity index (χ1) is 12.6. The van der Waals surface area contributed by atoms with Crippen molar-refractivity contribution in [2.24, 2.45) is 0 Å². The number of nitro benzene ring substituents is 1. The van der Waals surface area contributed by atoms with Gasteiger partial charge in [0.2, 0.25) is 0 Å². The Bertz CT molecular complexity index is 850. The lowest BCUT2D eigenvalue weighted by Crippen LogP contribution is -2.37. The molecule has 1 atom stereocenters.